The Kier molecular flexibility index (Phi) is 5.74. The van der Waals surface area contributed by atoms with Gasteiger partial charge in [0.05, 0.1) is 18.2 Å². The molecule has 0 spiro atoms. The molecule has 1 unspecified atom stereocenters. The minimum Gasteiger partial charge on any atom is -0.378 e. The molecule has 23 heavy (non-hydrogen) atoms. The molecule has 1 atom stereocenters. The number of carbonyl (C=O) groups is 1. The van der Waals surface area contributed by atoms with Crippen molar-refractivity contribution in [3.8, 4) is 0 Å². The molecule has 0 bridgehead atoms. The van der Waals surface area contributed by atoms with E-state index in [1.165, 1.54) is 11.3 Å². The average Bonchev–Trinajstić information content (AvgIpc) is 2.95. The summed E-state index contributed by atoms with van der Waals surface area (Å²) in [5.74, 6) is 0.260. The molecule has 6 heteroatoms. The van der Waals surface area contributed by atoms with Crippen LogP contribution in [0.3, 0.4) is 0 Å². The highest BCUT2D eigenvalue weighted by molar-refractivity contribution is 7.09. The van der Waals surface area contributed by atoms with Gasteiger partial charge in [-0.05, 0) is 30.2 Å². The number of amides is 1. The van der Waals surface area contributed by atoms with Gasteiger partial charge in [-0.15, -0.1) is 11.3 Å². The summed E-state index contributed by atoms with van der Waals surface area (Å²) in [7, 11) is 3.96. The second-order valence-corrected chi connectivity index (χ2v) is 7.00. The molecule has 124 valence electrons. The van der Waals surface area contributed by atoms with Crippen LogP contribution in [0.2, 0.25) is 0 Å². The van der Waals surface area contributed by atoms with Crippen LogP contribution in [0.15, 0.2) is 29.6 Å². The second kappa shape index (κ2) is 7.57. The van der Waals surface area contributed by atoms with E-state index in [9.17, 15) is 4.79 Å². The first-order valence-corrected chi connectivity index (χ1v) is 8.52. The zero-order valence-corrected chi connectivity index (χ0v) is 14.9. The number of rotatable bonds is 6. The Morgan fingerprint density at radius 1 is 1.30 bits per heavy atom. The zero-order chi connectivity index (χ0) is 17.0. The van der Waals surface area contributed by atoms with Gasteiger partial charge in [-0.2, -0.15) is 0 Å². The van der Waals surface area contributed by atoms with Gasteiger partial charge in [0, 0.05) is 30.9 Å². The van der Waals surface area contributed by atoms with Crippen LogP contribution in [-0.2, 0) is 11.2 Å². The number of anilines is 2. The fourth-order valence-electron chi connectivity index (χ4n) is 2.05. The molecule has 3 N–H and O–H groups in total. The van der Waals surface area contributed by atoms with Crippen LogP contribution < -0.4 is 16.0 Å². The molecule has 0 radical (unpaired) electrons. The second-order valence-electron chi connectivity index (χ2n) is 6.11. The topological polar surface area (TPSA) is 71.2 Å². The van der Waals surface area contributed by atoms with Gasteiger partial charge in [0.2, 0.25) is 5.91 Å². The molecule has 0 saturated heterocycles. The quantitative estimate of drug-likeness (QED) is 0.853. The number of nitrogens with two attached hydrogens (primary N) is 1. The summed E-state index contributed by atoms with van der Waals surface area (Å²) in [5, 5.41) is 5.69. The van der Waals surface area contributed by atoms with Crippen molar-refractivity contribution in [3.05, 3.63) is 40.3 Å². The number of nitrogens with zero attached hydrogens (tertiary/aromatic N) is 2. The van der Waals surface area contributed by atoms with Crippen molar-refractivity contribution in [3.63, 3.8) is 0 Å². The van der Waals surface area contributed by atoms with Crippen molar-refractivity contribution in [2.24, 2.45) is 11.7 Å². The van der Waals surface area contributed by atoms with E-state index >= 15 is 0 Å². The van der Waals surface area contributed by atoms with Crippen LogP contribution in [0.4, 0.5) is 11.4 Å². The van der Waals surface area contributed by atoms with Gasteiger partial charge in [-0.25, -0.2) is 4.98 Å². The fourth-order valence-corrected chi connectivity index (χ4v) is 3.05. The lowest BCUT2D eigenvalue weighted by atomic mass is 10.1. The van der Waals surface area contributed by atoms with Crippen molar-refractivity contribution in [1.82, 2.24) is 4.98 Å². The van der Waals surface area contributed by atoms with Gasteiger partial charge >= 0.3 is 0 Å². The molecule has 1 heterocycles. The van der Waals surface area contributed by atoms with Gasteiger partial charge in [-0.1, -0.05) is 13.8 Å². The average molecular weight is 332 g/mol. The number of aromatic nitrogens is 1. The molecular weight excluding hydrogens is 308 g/mol. The molecule has 2 aromatic rings. The van der Waals surface area contributed by atoms with Crippen molar-refractivity contribution in [1.29, 1.82) is 0 Å². The van der Waals surface area contributed by atoms with Gasteiger partial charge in [-0.3, -0.25) is 4.79 Å². The fraction of sp³-hybridized carbons (Fsp3) is 0.412. The summed E-state index contributed by atoms with van der Waals surface area (Å²) in [4.78, 5) is 18.6. The number of hydrogen-bond donors (Lipinski definition) is 2. The first-order chi connectivity index (χ1) is 10.9. The van der Waals surface area contributed by atoms with Crippen molar-refractivity contribution in [2.45, 2.75) is 26.3 Å². The normalized spacial score (nSPS) is 12.3. The summed E-state index contributed by atoms with van der Waals surface area (Å²) < 4.78 is 0. The molecule has 0 saturated carbocycles. The smallest absolute Gasteiger partial charge is 0.230 e. The van der Waals surface area contributed by atoms with Gasteiger partial charge in [0.15, 0.2) is 0 Å². The van der Waals surface area contributed by atoms with E-state index in [0.717, 1.165) is 22.1 Å². The van der Waals surface area contributed by atoms with Gasteiger partial charge < -0.3 is 16.0 Å². The van der Waals surface area contributed by atoms with E-state index in [4.69, 9.17) is 5.73 Å². The molecule has 1 aromatic heterocycles. The van der Waals surface area contributed by atoms with Crippen LogP contribution in [-0.4, -0.2) is 25.0 Å². The van der Waals surface area contributed by atoms with E-state index in [1.54, 1.807) is 0 Å². The monoisotopic (exact) mass is 332 g/mol. The Morgan fingerprint density at radius 2 is 1.96 bits per heavy atom. The molecule has 0 aliphatic carbocycles. The Bertz CT molecular complexity index is 649. The van der Waals surface area contributed by atoms with E-state index in [0.29, 0.717) is 5.92 Å². The molecule has 0 aliphatic heterocycles. The predicted octanol–water partition coefficient (Wildman–Crippen LogP) is 3.05. The van der Waals surface area contributed by atoms with Crippen molar-refractivity contribution < 1.29 is 4.79 Å². The van der Waals surface area contributed by atoms with Crippen LogP contribution in [0.1, 0.15) is 30.6 Å². The van der Waals surface area contributed by atoms with Crippen LogP contribution >= 0.6 is 11.3 Å². The number of nitrogens with one attached hydrogen (secondary N) is 1. The zero-order valence-electron chi connectivity index (χ0n) is 14.0. The predicted molar refractivity (Wildman–Crippen MR) is 97.0 cm³/mol. The van der Waals surface area contributed by atoms with Gasteiger partial charge in [0.1, 0.15) is 5.01 Å². The van der Waals surface area contributed by atoms with Crippen molar-refractivity contribution in [2.75, 3.05) is 24.3 Å². The van der Waals surface area contributed by atoms with Crippen LogP contribution in [0.5, 0.6) is 0 Å². The summed E-state index contributed by atoms with van der Waals surface area (Å²) >= 11 is 1.52. The lowest BCUT2D eigenvalue weighted by Gasteiger charge is -2.13. The molecular formula is C17H24N4OS. The first kappa shape index (κ1) is 17.4. The lowest BCUT2D eigenvalue weighted by molar-refractivity contribution is -0.115. The van der Waals surface area contributed by atoms with Crippen molar-refractivity contribution >= 4 is 28.6 Å². The van der Waals surface area contributed by atoms with E-state index < -0.39 is 0 Å². The minimum absolute atomic E-state index is 0.0717. The first-order valence-electron chi connectivity index (χ1n) is 7.64. The Labute approximate surface area is 141 Å². The van der Waals surface area contributed by atoms with E-state index in [1.807, 2.05) is 48.6 Å². The van der Waals surface area contributed by atoms with Crippen LogP contribution in [0, 0.1) is 5.92 Å². The molecule has 1 amide bonds. The summed E-state index contributed by atoms with van der Waals surface area (Å²) in [6, 6.07) is 7.66. The lowest BCUT2D eigenvalue weighted by Crippen LogP contribution is -2.17. The SMILES string of the molecule is CC(C)C(N)c1nc(CC(=O)Nc2ccc(N(C)C)cc2)cs1. The number of thiazole rings is 1. The maximum atomic E-state index is 12.1. The van der Waals surface area contributed by atoms with E-state index in [-0.39, 0.29) is 18.4 Å². The maximum absolute atomic E-state index is 12.1. The van der Waals surface area contributed by atoms with E-state index in [2.05, 4.69) is 24.1 Å². The number of benzene rings is 1. The van der Waals surface area contributed by atoms with Crippen LogP contribution in [0.25, 0.3) is 0 Å². The standard InChI is InChI=1S/C17H24N4OS/c1-11(2)16(18)17-20-13(10-23-17)9-15(22)19-12-5-7-14(8-6-12)21(3)4/h5-8,10-11,16H,9,18H2,1-4H3,(H,19,22). The molecule has 5 nitrogen and oxygen atoms in total. The van der Waals surface area contributed by atoms with Gasteiger partial charge in [0.25, 0.3) is 0 Å². The molecule has 0 fully saturated rings. The highest BCUT2D eigenvalue weighted by Gasteiger charge is 2.15. The summed E-state index contributed by atoms with van der Waals surface area (Å²) in [6.45, 7) is 4.13. The summed E-state index contributed by atoms with van der Waals surface area (Å²) in [5.41, 5.74) is 8.73. The third-order valence-electron chi connectivity index (χ3n) is 3.58. The highest BCUT2D eigenvalue weighted by atomic mass is 32.1. The highest BCUT2D eigenvalue weighted by Crippen LogP contribution is 2.23. The molecule has 0 aliphatic rings. The third kappa shape index (κ3) is 4.77. The third-order valence-corrected chi connectivity index (χ3v) is 4.58. The number of hydrogen-bond acceptors (Lipinski definition) is 5. The number of carbonyl (C=O) groups excluding carboxylic acids is 1. The summed E-state index contributed by atoms with van der Waals surface area (Å²) in [6.07, 6.45) is 0.261. The molecule has 1 aromatic carbocycles. The largest absolute Gasteiger partial charge is 0.378 e. The maximum Gasteiger partial charge on any atom is 0.230 e. The Hall–Kier alpha value is -1.92. The Balaban J connectivity index is 1.94. The Morgan fingerprint density at radius 3 is 2.52 bits per heavy atom. The molecule has 2 rings (SSSR count). The minimum atomic E-state index is -0.0737.